The number of nitrogens with two attached hydrogens (primary N) is 1. The average molecular weight is 313 g/mol. The van der Waals surface area contributed by atoms with Gasteiger partial charge in [0.25, 0.3) is 10.2 Å². The van der Waals surface area contributed by atoms with Crippen LogP contribution in [0.25, 0.3) is 0 Å². The highest BCUT2D eigenvalue weighted by Gasteiger charge is 2.44. The molecule has 21 heavy (non-hydrogen) atoms. The SMILES string of the molecule is CN(C)S(=O)(=O)N1C[C@@H](Oc2ccccc2)C[C@H]1C(N)=O. The van der Waals surface area contributed by atoms with E-state index in [-0.39, 0.29) is 13.0 Å². The number of ether oxygens (including phenoxy) is 1. The number of carbonyl (C=O) groups is 1. The van der Waals surface area contributed by atoms with E-state index < -0.39 is 28.3 Å². The quantitative estimate of drug-likeness (QED) is 0.815. The minimum absolute atomic E-state index is 0.100. The van der Waals surface area contributed by atoms with E-state index in [0.717, 1.165) is 8.61 Å². The molecule has 0 saturated carbocycles. The number of hydrogen-bond acceptors (Lipinski definition) is 4. The van der Waals surface area contributed by atoms with Crippen molar-refractivity contribution in [3.8, 4) is 5.75 Å². The Morgan fingerprint density at radius 3 is 2.48 bits per heavy atom. The number of primary amides is 1. The lowest BCUT2D eigenvalue weighted by Gasteiger charge is -2.24. The van der Waals surface area contributed by atoms with Crippen LogP contribution < -0.4 is 10.5 Å². The number of amides is 1. The Morgan fingerprint density at radius 2 is 1.95 bits per heavy atom. The van der Waals surface area contributed by atoms with Gasteiger partial charge in [-0.1, -0.05) is 18.2 Å². The van der Waals surface area contributed by atoms with E-state index in [2.05, 4.69) is 0 Å². The standard InChI is InChI=1S/C13H19N3O4S/c1-15(2)21(18,19)16-9-11(8-12(16)13(14)17)20-10-6-4-3-5-7-10/h3-7,11-12H,8-9H2,1-2H3,(H2,14,17)/t11-,12-/m0/s1. The van der Waals surface area contributed by atoms with Gasteiger partial charge in [-0.3, -0.25) is 4.79 Å². The number of hydrogen-bond donors (Lipinski definition) is 1. The van der Waals surface area contributed by atoms with Crippen LogP contribution in [0.1, 0.15) is 6.42 Å². The summed E-state index contributed by atoms with van der Waals surface area (Å²) in [5.74, 6) is -0.0330. The maximum absolute atomic E-state index is 12.2. The van der Waals surface area contributed by atoms with E-state index in [1.54, 1.807) is 12.1 Å². The molecule has 8 heteroatoms. The van der Waals surface area contributed by atoms with Crippen LogP contribution in [0.4, 0.5) is 0 Å². The normalized spacial score (nSPS) is 23.4. The van der Waals surface area contributed by atoms with E-state index in [9.17, 15) is 13.2 Å². The van der Waals surface area contributed by atoms with Gasteiger partial charge in [-0.25, -0.2) is 0 Å². The molecule has 2 atom stereocenters. The van der Waals surface area contributed by atoms with Crippen LogP contribution in [0.15, 0.2) is 30.3 Å². The molecular formula is C13H19N3O4S. The van der Waals surface area contributed by atoms with Gasteiger partial charge in [0.1, 0.15) is 17.9 Å². The zero-order chi connectivity index (χ0) is 15.6. The van der Waals surface area contributed by atoms with Crippen LogP contribution in [-0.4, -0.2) is 55.7 Å². The summed E-state index contributed by atoms with van der Waals surface area (Å²) in [5, 5.41) is 0. The smallest absolute Gasteiger partial charge is 0.282 e. The molecule has 2 rings (SSSR count). The van der Waals surface area contributed by atoms with E-state index >= 15 is 0 Å². The maximum atomic E-state index is 12.2. The van der Waals surface area contributed by atoms with Crippen LogP contribution in [0, 0.1) is 0 Å². The molecule has 1 aromatic rings. The van der Waals surface area contributed by atoms with E-state index in [4.69, 9.17) is 10.5 Å². The minimum Gasteiger partial charge on any atom is -0.489 e. The van der Waals surface area contributed by atoms with Gasteiger partial charge in [-0.15, -0.1) is 0 Å². The van der Waals surface area contributed by atoms with Crippen molar-refractivity contribution in [3.05, 3.63) is 30.3 Å². The Morgan fingerprint density at radius 1 is 1.33 bits per heavy atom. The molecule has 1 aromatic carbocycles. The summed E-state index contributed by atoms with van der Waals surface area (Å²) in [6.45, 7) is 0.100. The fourth-order valence-corrected chi connectivity index (χ4v) is 3.55. The Kier molecular flexibility index (Phi) is 4.50. The number of para-hydroxylation sites is 1. The second kappa shape index (κ2) is 6.00. The van der Waals surface area contributed by atoms with Gasteiger partial charge in [0.05, 0.1) is 6.54 Å². The zero-order valence-electron chi connectivity index (χ0n) is 12.0. The number of rotatable bonds is 5. The molecule has 0 radical (unpaired) electrons. The first-order valence-electron chi connectivity index (χ1n) is 6.52. The fraction of sp³-hybridized carbons (Fsp3) is 0.462. The van der Waals surface area contributed by atoms with Crippen LogP contribution in [-0.2, 0) is 15.0 Å². The van der Waals surface area contributed by atoms with Crippen molar-refractivity contribution in [2.45, 2.75) is 18.6 Å². The molecule has 0 spiro atoms. The lowest BCUT2D eigenvalue weighted by atomic mass is 10.2. The summed E-state index contributed by atoms with van der Waals surface area (Å²) in [6.07, 6.45) is -0.156. The minimum atomic E-state index is -3.71. The highest BCUT2D eigenvalue weighted by Crippen LogP contribution is 2.26. The van der Waals surface area contributed by atoms with Gasteiger partial charge in [-0.2, -0.15) is 17.0 Å². The van der Waals surface area contributed by atoms with Crippen molar-refractivity contribution >= 4 is 16.1 Å². The number of benzene rings is 1. The Bertz CT molecular complexity index is 603. The highest BCUT2D eigenvalue weighted by molar-refractivity contribution is 7.86. The van der Waals surface area contributed by atoms with E-state index in [1.807, 2.05) is 18.2 Å². The molecular weight excluding hydrogens is 294 g/mol. The predicted octanol–water partition coefficient (Wildman–Crippen LogP) is -0.200. The van der Waals surface area contributed by atoms with Crippen molar-refractivity contribution in [2.24, 2.45) is 5.73 Å². The first-order chi connectivity index (χ1) is 9.82. The summed E-state index contributed by atoms with van der Waals surface area (Å²) < 4.78 is 32.4. The third-order valence-corrected chi connectivity index (χ3v) is 5.27. The molecule has 0 aromatic heterocycles. The van der Waals surface area contributed by atoms with Gasteiger partial charge in [0, 0.05) is 20.5 Å². The molecule has 1 aliphatic rings. The van der Waals surface area contributed by atoms with Gasteiger partial charge in [-0.05, 0) is 12.1 Å². The lowest BCUT2D eigenvalue weighted by molar-refractivity contribution is -0.121. The summed E-state index contributed by atoms with van der Waals surface area (Å²) in [4.78, 5) is 11.5. The third kappa shape index (κ3) is 3.34. The van der Waals surface area contributed by atoms with Crippen molar-refractivity contribution < 1.29 is 17.9 Å². The van der Waals surface area contributed by atoms with E-state index in [0.29, 0.717) is 5.75 Å². The summed E-state index contributed by atoms with van der Waals surface area (Å²) in [7, 11) is -0.879. The predicted molar refractivity (Wildman–Crippen MR) is 77.8 cm³/mol. The number of carbonyl (C=O) groups excluding carboxylic acids is 1. The topological polar surface area (TPSA) is 92.9 Å². The molecule has 0 aliphatic carbocycles. The fourth-order valence-electron chi connectivity index (χ4n) is 2.27. The van der Waals surface area contributed by atoms with Crippen molar-refractivity contribution in [1.82, 2.24) is 8.61 Å². The molecule has 116 valence electrons. The van der Waals surface area contributed by atoms with E-state index in [1.165, 1.54) is 14.1 Å². The van der Waals surface area contributed by atoms with Crippen LogP contribution in [0.5, 0.6) is 5.75 Å². The van der Waals surface area contributed by atoms with Crippen molar-refractivity contribution in [3.63, 3.8) is 0 Å². The summed E-state index contributed by atoms with van der Waals surface area (Å²) in [5.41, 5.74) is 5.32. The Balaban J connectivity index is 2.18. The van der Waals surface area contributed by atoms with Crippen molar-refractivity contribution in [1.29, 1.82) is 0 Å². The highest BCUT2D eigenvalue weighted by atomic mass is 32.2. The molecule has 1 fully saturated rings. The van der Waals surface area contributed by atoms with Crippen LogP contribution in [0.3, 0.4) is 0 Å². The monoisotopic (exact) mass is 313 g/mol. The first-order valence-corrected chi connectivity index (χ1v) is 7.92. The molecule has 1 heterocycles. The molecule has 0 bridgehead atoms. The van der Waals surface area contributed by atoms with Gasteiger partial charge in [0.2, 0.25) is 5.91 Å². The van der Waals surface area contributed by atoms with Gasteiger partial charge >= 0.3 is 0 Å². The Labute approximate surface area is 124 Å². The molecule has 0 unspecified atom stereocenters. The zero-order valence-corrected chi connectivity index (χ0v) is 12.8. The number of nitrogens with zero attached hydrogens (tertiary/aromatic N) is 2. The molecule has 1 aliphatic heterocycles. The summed E-state index contributed by atoms with van der Waals surface area (Å²) >= 11 is 0. The Hall–Kier alpha value is -1.64. The second-order valence-corrected chi connectivity index (χ2v) is 7.16. The second-order valence-electron chi connectivity index (χ2n) is 5.07. The van der Waals surface area contributed by atoms with Crippen LogP contribution >= 0.6 is 0 Å². The molecule has 1 amide bonds. The molecule has 1 saturated heterocycles. The summed E-state index contributed by atoms with van der Waals surface area (Å²) in [6, 6.07) is 8.18. The van der Waals surface area contributed by atoms with Gasteiger partial charge < -0.3 is 10.5 Å². The average Bonchev–Trinajstić information content (AvgIpc) is 2.84. The first kappa shape index (κ1) is 15.7. The van der Waals surface area contributed by atoms with Crippen LogP contribution in [0.2, 0.25) is 0 Å². The van der Waals surface area contributed by atoms with Gasteiger partial charge in [0.15, 0.2) is 0 Å². The maximum Gasteiger partial charge on any atom is 0.282 e. The third-order valence-electron chi connectivity index (χ3n) is 3.35. The molecule has 7 nitrogen and oxygen atoms in total. The lowest BCUT2D eigenvalue weighted by Crippen LogP contribution is -2.48. The molecule has 2 N–H and O–H groups in total. The largest absolute Gasteiger partial charge is 0.489 e. The van der Waals surface area contributed by atoms with Crippen molar-refractivity contribution in [2.75, 3.05) is 20.6 Å².